The third-order valence-corrected chi connectivity index (χ3v) is 3.97. The predicted molar refractivity (Wildman–Crippen MR) is 94.2 cm³/mol. The van der Waals surface area contributed by atoms with Gasteiger partial charge in [0, 0.05) is 17.8 Å². The molecule has 1 aliphatic rings. The maximum Gasteiger partial charge on any atom is 0.249 e. The topological polar surface area (TPSA) is 61.8 Å². The molecule has 0 radical (unpaired) electrons. The molecule has 0 spiro atoms. The number of hydrogen-bond acceptors (Lipinski definition) is 3. The fourth-order valence-corrected chi connectivity index (χ4v) is 2.68. The average molecular weight is 321 g/mol. The summed E-state index contributed by atoms with van der Waals surface area (Å²) in [4.78, 5) is 30.5. The molecule has 2 amide bonds. The van der Waals surface area contributed by atoms with Gasteiger partial charge in [0.2, 0.25) is 11.8 Å². The minimum atomic E-state index is -0.193. The summed E-state index contributed by atoms with van der Waals surface area (Å²) in [7, 11) is 0. The van der Waals surface area contributed by atoms with Crippen LogP contribution in [0.2, 0.25) is 0 Å². The highest BCUT2D eigenvalue weighted by atomic mass is 16.2. The maximum absolute atomic E-state index is 12.4. The Bertz CT molecular complexity index is 784. The number of benzene rings is 2. The Morgan fingerprint density at radius 3 is 2.62 bits per heavy atom. The SMILES string of the molecule is CC1=NCC(=O)N(CC(=O)NCc2ccccc2)c2ccccc21. The number of hydrogen-bond donors (Lipinski definition) is 1. The van der Waals surface area contributed by atoms with E-state index in [-0.39, 0.29) is 24.9 Å². The lowest BCUT2D eigenvalue weighted by Gasteiger charge is -2.22. The van der Waals surface area contributed by atoms with Crippen LogP contribution >= 0.6 is 0 Å². The molecule has 0 saturated carbocycles. The smallest absolute Gasteiger partial charge is 0.249 e. The van der Waals surface area contributed by atoms with Crippen LogP contribution in [0.15, 0.2) is 59.6 Å². The number of carbonyl (C=O) groups excluding carboxylic acids is 2. The number of rotatable bonds is 4. The second-order valence-electron chi connectivity index (χ2n) is 5.66. The van der Waals surface area contributed by atoms with Crippen molar-refractivity contribution in [3.05, 3.63) is 65.7 Å². The fraction of sp³-hybridized carbons (Fsp3) is 0.211. The van der Waals surface area contributed by atoms with E-state index in [0.29, 0.717) is 6.54 Å². The molecule has 3 rings (SSSR count). The van der Waals surface area contributed by atoms with Gasteiger partial charge in [-0.15, -0.1) is 0 Å². The molecule has 0 bridgehead atoms. The summed E-state index contributed by atoms with van der Waals surface area (Å²) in [5, 5.41) is 2.86. The Balaban J connectivity index is 1.73. The van der Waals surface area contributed by atoms with E-state index in [1.165, 1.54) is 4.90 Å². The molecule has 24 heavy (non-hydrogen) atoms. The molecular weight excluding hydrogens is 302 g/mol. The molecule has 5 nitrogen and oxygen atoms in total. The van der Waals surface area contributed by atoms with E-state index in [9.17, 15) is 9.59 Å². The highest BCUT2D eigenvalue weighted by Crippen LogP contribution is 2.23. The summed E-state index contributed by atoms with van der Waals surface area (Å²) in [6.45, 7) is 2.38. The summed E-state index contributed by atoms with van der Waals surface area (Å²) < 4.78 is 0. The quantitative estimate of drug-likeness (QED) is 0.938. The van der Waals surface area contributed by atoms with Crippen molar-refractivity contribution in [2.75, 3.05) is 18.0 Å². The zero-order chi connectivity index (χ0) is 16.9. The van der Waals surface area contributed by atoms with Crippen LogP contribution in [0.1, 0.15) is 18.1 Å². The lowest BCUT2D eigenvalue weighted by atomic mass is 10.1. The normalized spacial score (nSPS) is 13.8. The third-order valence-electron chi connectivity index (χ3n) is 3.97. The van der Waals surface area contributed by atoms with Crippen molar-refractivity contribution in [1.82, 2.24) is 5.32 Å². The van der Waals surface area contributed by atoms with Crippen LogP contribution in [-0.4, -0.2) is 30.6 Å². The molecule has 0 saturated heterocycles. The molecule has 2 aromatic rings. The number of nitrogens with one attached hydrogen (secondary N) is 1. The number of anilines is 1. The molecule has 0 atom stereocenters. The van der Waals surface area contributed by atoms with Crippen molar-refractivity contribution in [3.63, 3.8) is 0 Å². The molecule has 0 aromatic heterocycles. The first kappa shape index (κ1) is 15.9. The Kier molecular flexibility index (Phi) is 4.70. The lowest BCUT2D eigenvalue weighted by Crippen LogP contribution is -2.41. The van der Waals surface area contributed by atoms with Crippen molar-refractivity contribution in [2.24, 2.45) is 4.99 Å². The molecule has 1 heterocycles. The van der Waals surface area contributed by atoms with Gasteiger partial charge in [-0.1, -0.05) is 48.5 Å². The lowest BCUT2D eigenvalue weighted by molar-refractivity contribution is -0.123. The summed E-state index contributed by atoms with van der Waals surface area (Å²) in [6, 6.07) is 17.2. The first-order valence-electron chi connectivity index (χ1n) is 7.86. The van der Waals surface area contributed by atoms with E-state index in [0.717, 1.165) is 22.5 Å². The molecule has 2 aromatic carbocycles. The first-order chi connectivity index (χ1) is 11.6. The Hall–Kier alpha value is -2.95. The summed E-state index contributed by atoms with van der Waals surface area (Å²) in [5.74, 6) is -0.365. The average Bonchev–Trinajstić information content (AvgIpc) is 2.73. The minimum absolute atomic E-state index is 0.00845. The Morgan fingerprint density at radius 1 is 1.12 bits per heavy atom. The zero-order valence-electron chi connectivity index (χ0n) is 13.5. The minimum Gasteiger partial charge on any atom is -0.350 e. The van der Waals surface area contributed by atoms with Gasteiger partial charge in [0.05, 0.1) is 5.69 Å². The van der Waals surface area contributed by atoms with E-state index in [1.807, 2.05) is 61.5 Å². The maximum atomic E-state index is 12.4. The van der Waals surface area contributed by atoms with E-state index in [2.05, 4.69) is 10.3 Å². The number of para-hydroxylation sites is 1. The molecule has 1 N–H and O–H groups in total. The van der Waals surface area contributed by atoms with Crippen molar-refractivity contribution in [2.45, 2.75) is 13.5 Å². The van der Waals surface area contributed by atoms with Gasteiger partial charge in [0.15, 0.2) is 0 Å². The van der Waals surface area contributed by atoms with Crippen LogP contribution in [-0.2, 0) is 16.1 Å². The van der Waals surface area contributed by atoms with Crippen LogP contribution in [0.4, 0.5) is 5.69 Å². The number of amides is 2. The standard InChI is InChI=1S/C19H19N3O2/c1-14-16-9-5-6-10-17(16)22(19(24)12-20-14)13-18(23)21-11-15-7-3-2-4-8-15/h2-10H,11-13H2,1H3,(H,21,23). The molecule has 5 heteroatoms. The zero-order valence-corrected chi connectivity index (χ0v) is 13.5. The van der Waals surface area contributed by atoms with E-state index >= 15 is 0 Å². The number of nitrogens with zero attached hydrogens (tertiary/aromatic N) is 2. The summed E-state index contributed by atoms with van der Waals surface area (Å²) >= 11 is 0. The van der Waals surface area contributed by atoms with E-state index in [4.69, 9.17) is 0 Å². The highest BCUT2D eigenvalue weighted by molar-refractivity contribution is 6.12. The van der Waals surface area contributed by atoms with Crippen molar-refractivity contribution in [3.8, 4) is 0 Å². The van der Waals surface area contributed by atoms with Gasteiger partial charge < -0.3 is 10.2 Å². The largest absolute Gasteiger partial charge is 0.350 e. The van der Waals surface area contributed by atoms with Gasteiger partial charge in [-0.3, -0.25) is 14.6 Å². The monoisotopic (exact) mass is 321 g/mol. The van der Waals surface area contributed by atoms with Crippen LogP contribution < -0.4 is 10.2 Å². The van der Waals surface area contributed by atoms with Gasteiger partial charge in [-0.2, -0.15) is 0 Å². The van der Waals surface area contributed by atoms with Gasteiger partial charge in [0.1, 0.15) is 13.1 Å². The highest BCUT2D eigenvalue weighted by Gasteiger charge is 2.24. The number of carbonyl (C=O) groups is 2. The van der Waals surface area contributed by atoms with Crippen LogP contribution in [0.5, 0.6) is 0 Å². The fourth-order valence-electron chi connectivity index (χ4n) is 2.68. The Morgan fingerprint density at radius 2 is 1.83 bits per heavy atom. The third kappa shape index (κ3) is 3.51. The molecule has 0 unspecified atom stereocenters. The van der Waals surface area contributed by atoms with Gasteiger partial charge >= 0.3 is 0 Å². The van der Waals surface area contributed by atoms with E-state index in [1.54, 1.807) is 0 Å². The number of aliphatic imine (C=N–C) groups is 1. The van der Waals surface area contributed by atoms with Crippen LogP contribution in [0.25, 0.3) is 0 Å². The van der Waals surface area contributed by atoms with Crippen LogP contribution in [0, 0.1) is 0 Å². The summed E-state index contributed by atoms with van der Waals surface area (Å²) in [5.41, 5.74) is 3.45. The molecule has 122 valence electrons. The first-order valence-corrected chi connectivity index (χ1v) is 7.86. The van der Waals surface area contributed by atoms with Gasteiger partial charge in [-0.25, -0.2) is 0 Å². The van der Waals surface area contributed by atoms with Crippen molar-refractivity contribution >= 4 is 23.2 Å². The van der Waals surface area contributed by atoms with E-state index < -0.39 is 0 Å². The van der Waals surface area contributed by atoms with Crippen molar-refractivity contribution < 1.29 is 9.59 Å². The van der Waals surface area contributed by atoms with Gasteiger partial charge in [-0.05, 0) is 18.6 Å². The van der Waals surface area contributed by atoms with Crippen molar-refractivity contribution in [1.29, 1.82) is 0 Å². The molecule has 0 fully saturated rings. The van der Waals surface area contributed by atoms with Crippen LogP contribution in [0.3, 0.4) is 0 Å². The number of fused-ring (bicyclic) bond motifs is 1. The predicted octanol–water partition coefficient (Wildman–Crippen LogP) is 2.16. The molecule has 1 aliphatic heterocycles. The summed E-state index contributed by atoms with van der Waals surface area (Å²) in [6.07, 6.45) is 0. The second kappa shape index (κ2) is 7.08. The number of benzodiazepines with no additional fused rings is 1. The molecular formula is C19H19N3O2. The molecule has 0 aliphatic carbocycles. The Labute approximate surface area is 141 Å². The van der Waals surface area contributed by atoms with Gasteiger partial charge in [0.25, 0.3) is 0 Å². The second-order valence-corrected chi connectivity index (χ2v) is 5.66.